The summed E-state index contributed by atoms with van der Waals surface area (Å²) in [4.78, 5) is 38.6. The molecule has 0 aliphatic heterocycles. The Kier molecular flexibility index (Phi) is 9.41. The summed E-state index contributed by atoms with van der Waals surface area (Å²) in [5.74, 6) is 0. The van der Waals surface area contributed by atoms with E-state index in [0.717, 1.165) is 12.0 Å². The minimum Gasteiger partial charge on any atom is -0.778 e. The van der Waals surface area contributed by atoms with E-state index in [1.807, 2.05) is 13.0 Å². The van der Waals surface area contributed by atoms with E-state index in [-0.39, 0.29) is 0 Å². The largest absolute Gasteiger partial charge is 0.778 e. The summed E-state index contributed by atoms with van der Waals surface area (Å²) in [6, 6.07) is 3.47. The lowest BCUT2D eigenvalue weighted by Crippen LogP contribution is -2.40. The van der Waals surface area contributed by atoms with Crippen molar-refractivity contribution in [3.63, 3.8) is 0 Å². The highest BCUT2D eigenvalue weighted by Gasteiger charge is 2.40. The van der Waals surface area contributed by atoms with Crippen LogP contribution < -0.4 is 9.46 Å². The molecule has 1 rings (SSSR count). The third-order valence-electron chi connectivity index (χ3n) is 3.39. The van der Waals surface area contributed by atoms with E-state index in [4.69, 9.17) is 24.2 Å². The van der Waals surface area contributed by atoms with Gasteiger partial charge >= 0.3 is 7.60 Å². The third kappa shape index (κ3) is 9.03. The normalized spacial score (nSPS) is 15.7. The predicted molar refractivity (Wildman–Crippen MR) is 87.9 cm³/mol. The highest BCUT2D eigenvalue weighted by Crippen LogP contribution is 2.57. The highest BCUT2D eigenvalue weighted by atomic mass is 31.2. The zero-order valence-electron chi connectivity index (χ0n) is 14.1. The number of ether oxygens (including phenoxy) is 2. The van der Waals surface area contributed by atoms with Gasteiger partial charge in [-0.05, 0) is 25.8 Å². The first-order chi connectivity index (χ1) is 11.6. The molecule has 1 heterocycles. The molecule has 2 atom stereocenters. The Bertz CT molecular complexity index is 593. The summed E-state index contributed by atoms with van der Waals surface area (Å²) in [6.07, 6.45) is 4.47. The molecular weight excluding hydrogens is 372 g/mol. The molecule has 0 fully saturated rings. The molecule has 0 radical (unpaired) electrons. The zero-order chi connectivity index (χ0) is 18.9. The van der Waals surface area contributed by atoms with E-state index in [9.17, 15) is 14.0 Å². The summed E-state index contributed by atoms with van der Waals surface area (Å²) in [6.45, 7) is 3.63. The number of rotatable bonds is 12. The maximum atomic E-state index is 11.3. The zero-order valence-corrected chi connectivity index (χ0v) is 15.8. The van der Waals surface area contributed by atoms with Gasteiger partial charge in [-0.25, -0.2) is 4.57 Å². The SMILES string of the molecule is CCOCCOCCCc1ccc[n+](CC(P(=O)([O-])O)P(=O)(O)O)c1. The van der Waals surface area contributed by atoms with Crippen LogP contribution in [0.3, 0.4) is 0 Å². The van der Waals surface area contributed by atoms with Crippen LogP contribution in [-0.2, 0) is 31.6 Å². The quantitative estimate of drug-likeness (QED) is 0.255. The standard InChI is InChI=1S/C14H25NO8P2/c1-2-22-9-10-23-8-4-6-13-5-3-7-15(11-13)12-14(24(16,17)18)25(19,20)21/h3,5,7,11,14H,2,4,6,8-10,12H2,1H3,(H3-,16,17,18,19,20,21). The van der Waals surface area contributed by atoms with E-state index >= 15 is 0 Å². The van der Waals surface area contributed by atoms with E-state index in [1.54, 1.807) is 12.3 Å². The Morgan fingerprint density at radius 1 is 1.20 bits per heavy atom. The van der Waals surface area contributed by atoms with Gasteiger partial charge in [-0.15, -0.1) is 0 Å². The number of pyridine rings is 1. The maximum Gasteiger partial charge on any atom is 0.343 e. The third-order valence-corrected chi connectivity index (χ3v) is 7.02. The van der Waals surface area contributed by atoms with Crippen LogP contribution in [0.2, 0.25) is 0 Å². The fourth-order valence-corrected chi connectivity index (χ4v) is 4.49. The molecule has 0 saturated carbocycles. The first-order valence-electron chi connectivity index (χ1n) is 7.86. The first-order valence-corrected chi connectivity index (χ1v) is 11.2. The van der Waals surface area contributed by atoms with Crippen molar-refractivity contribution in [2.24, 2.45) is 0 Å². The molecule has 0 bridgehead atoms. The predicted octanol–water partition coefficient (Wildman–Crippen LogP) is 0.00930. The monoisotopic (exact) mass is 397 g/mol. The van der Waals surface area contributed by atoms with Crippen LogP contribution in [0.15, 0.2) is 24.5 Å². The van der Waals surface area contributed by atoms with Gasteiger partial charge in [-0.3, -0.25) is 4.57 Å². The van der Waals surface area contributed by atoms with Crippen molar-refractivity contribution in [3.05, 3.63) is 30.1 Å². The Balaban J connectivity index is 2.57. The molecule has 0 amide bonds. The Morgan fingerprint density at radius 3 is 2.48 bits per heavy atom. The average molecular weight is 397 g/mol. The number of hydrogen-bond donors (Lipinski definition) is 3. The van der Waals surface area contributed by atoms with Gasteiger partial charge in [-0.2, -0.15) is 0 Å². The Morgan fingerprint density at radius 2 is 1.88 bits per heavy atom. The van der Waals surface area contributed by atoms with Gasteiger partial charge in [0, 0.05) is 24.8 Å². The van der Waals surface area contributed by atoms with Gasteiger partial charge in [0.15, 0.2) is 31.9 Å². The van der Waals surface area contributed by atoms with Crippen molar-refractivity contribution >= 4 is 15.2 Å². The molecule has 0 saturated heterocycles. The second kappa shape index (κ2) is 10.5. The molecule has 0 aromatic carbocycles. The van der Waals surface area contributed by atoms with Gasteiger partial charge in [0.05, 0.1) is 13.2 Å². The summed E-state index contributed by atoms with van der Waals surface area (Å²) >= 11 is 0. The molecule has 1 aromatic rings. The van der Waals surface area contributed by atoms with Crippen LogP contribution in [0, 0.1) is 0 Å². The van der Waals surface area contributed by atoms with E-state index in [2.05, 4.69) is 0 Å². The highest BCUT2D eigenvalue weighted by molar-refractivity contribution is 7.70. The van der Waals surface area contributed by atoms with Crippen LogP contribution in [-0.4, -0.2) is 46.5 Å². The molecule has 0 aliphatic rings. The summed E-state index contributed by atoms with van der Waals surface area (Å²) in [5.41, 5.74) is 0.860. The van der Waals surface area contributed by atoms with Gasteiger partial charge < -0.3 is 33.6 Å². The van der Waals surface area contributed by atoms with Crippen molar-refractivity contribution in [1.29, 1.82) is 0 Å². The lowest BCUT2D eigenvalue weighted by molar-refractivity contribution is -0.695. The number of hydrogen-bond acceptors (Lipinski definition) is 5. The van der Waals surface area contributed by atoms with Crippen molar-refractivity contribution in [2.75, 3.05) is 26.4 Å². The molecule has 11 heteroatoms. The van der Waals surface area contributed by atoms with Crippen molar-refractivity contribution in [1.82, 2.24) is 0 Å². The average Bonchev–Trinajstić information content (AvgIpc) is 2.50. The van der Waals surface area contributed by atoms with Gasteiger partial charge in [0.1, 0.15) is 0 Å². The summed E-state index contributed by atoms with van der Waals surface area (Å²) in [5, 5.41) is -2.16. The second-order valence-corrected chi connectivity index (χ2v) is 9.42. The number of aromatic nitrogens is 1. The molecule has 25 heavy (non-hydrogen) atoms. The van der Waals surface area contributed by atoms with Gasteiger partial charge in [0.25, 0.3) is 0 Å². The van der Waals surface area contributed by atoms with Crippen molar-refractivity contribution in [2.45, 2.75) is 31.7 Å². The molecular formula is C14H25NO8P2. The fraction of sp³-hybridized carbons (Fsp3) is 0.643. The molecule has 144 valence electrons. The van der Waals surface area contributed by atoms with Crippen LogP contribution in [0.5, 0.6) is 0 Å². The van der Waals surface area contributed by atoms with E-state index < -0.39 is 27.1 Å². The smallest absolute Gasteiger partial charge is 0.343 e. The topological polar surface area (TPSA) is 140 Å². The fourth-order valence-electron chi connectivity index (χ4n) is 2.17. The van der Waals surface area contributed by atoms with Crippen molar-refractivity contribution < 1.29 is 42.7 Å². The van der Waals surface area contributed by atoms with E-state index in [1.165, 1.54) is 10.8 Å². The molecule has 0 spiro atoms. The molecule has 0 aliphatic carbocycles. The minimum atomic E-state index is -5.18. The maximum absolute atomic E-state index is 11.3. The first kappa shape index (κ1) is 22.4. The lowest BCUT2D eigenvalue weighted by atomic mass is 10.2. The number of nitrogens with zero attached hydrogens (tertiary/aromatic N) is 1. The lowest BCUT2D eigenvalue weighted by Gasteiger charge is -2.25. The molecule has 2 unspecified atom stereocenters. The Hall–Kier alpha value is -0.630. The van der Waals surface area contributed by atoms with Gasteiger partial charge in [0.2, 0.25) is 0 Å². The van der Waals surface area contributed by atoms with E-state index in [0.29, 0.717) is 32.8 Å². The summed E-state index contributed by atoms with van der Waals surface area (Å²) < 4.78 is 34.4. The van der Waals surface area contributed by atoms with Crippen LogP contribution in [0.1, 0.15) is 18.9 Å². The second-order valence-electron chi connectivity index (χ2n) is 5.46. The number of aryl methyl sites for hydroxylation is 1. The van der Waals surface area contributed by atoms with Crippen molar-refractivity contribution in [3.8, 4) is 0 Å². The minimum absolute atomic E-state index is 0.516. The van der Waals surface area contributed by atoms with Crippen LogP contribution in [0.4, 0.5) is 0 Å². The Labute approximate surface area is 146 Å². The molecule has 3 N–H and O–H groups in total. The van der Waals surface area contributed by atoms with Gasteiger partial charge in [-0.1, -0.05) is 0 Å². The summed E-state index contributed by atoms with van der Waals surface area (Å²) in [7, 11) is -10.2. The molecule has 1 aromatic heterocycles. The molecule has 9 nitrogen and oxygen atoms in total. The van der Waals surface area contributed by atoms with Crippen LogP contribution in [0.25, 0.3) is 0 Å². The van der Waals surface area contributed by atoms with Crippen LogP contribution >= 0.6 is 15.2 Å².